The first-order valence-electron chi connectivity index (χ1n) is 5.22. The molecule has 0 saturated carbocycles. The molecule has 1 aliphatic rings. The molecular formula is C10H15N3O3. The summed E-state index contributed by atoms with van der Waals surface area (Å²) in [5.41, 5.74) is 0.690. The molecule has 1 atom stereocenters. The molecule has 0 aromatic carbocycles. The molecule has 6 heteroatoms. The van der Waals surface area contributed by atoms with Gasteiger partial charge in [-0.25, -0.2) is 9.97 Å². The number of ether oxygens (including phenoxy) is 1. The van der Waals surface area contributed by atoms with E-state index in [4.69, 9.17) is 14.9 Å². The summed E-state index contributed by atoms with van der Waals surface area (Å²) in [6.45, 7) is 1.83. The van der Waals surface area contributed by atoms with E-state index in [1.54, 1.807) is 12.4 Å². The monoisotopic (exact) mass is 225 g/mol. The molecule has 16 heavy (non-hydrogen) atoms. The standard InChI is InChI=1S/C10H15N3O3/c14-6-8-3-11-10(12-4-8)13-1-2-16-9(5-13)7-15/h3-4,9,14-15H,1-2,5-7H2. The highest BCUT2D eigenvalue weighted by atomic mass is 16.5. The maximum absolute atomic E-state index is 9.01. The lowest BCUT2D eigenvalue weighted by atomic mass is 10.3. The Morgan fingerprint density at radius 3 is 2.75 bits per heavy atom. The maximum Gasteiger partial charge on any atom is 0.225 e. The van der Waals surface area contributed by atoms with Crippen LogP contribution in [0.1, 0.15) is 5.56 Å². The Morgan fingerprint density at radius 1 is 1.38 bits per heavy atom. The molecule has 1 aromatic heterocycles. The summed E-state index contributed by atoms with van der Waals surface area (Å²) in [4.78, 5) is 10.3. The van der Waals surface area contributed by atoms with Crippen LogP contribution in [0, 0.1) is 0 Å². The van der Waals surface area contributed by atoms with Crippen LogP contribution in [-0.4, -0.2) is 52.6 Å². The normalized spacial score (nSPS) is 21.1. The van der Waals surface area contributed by atoms with Gasteiger partial charge in [0.1, 0.15) is 0 Å². The van der Waals surface area contributed by atoms with Crippen LogP contribution < -0.4 is 4.90 Å². The largest absolute Gasteiger partial charge is 0.394 e. The van der Waals surface area contributed by atoms with Gasteiger partial charge in [0, 0.05) is 31.0 Å². The summed E-state index contributed by atoms with van der Waals surface area (Å²) in [6.07, 6.45) is 3.03. The number of anilines is 1. The Bertz CT molecular complexity index is 331. The predicted octanol–water partition coefficient (Wildman–Crippen LogP) is -0.834. The number of hydrogen-bond donors (Lipinski definition) is 2. The fourth-order valence-electron chi connectivity index (χ4n) is 1.60. The van der Waals surface area contributed by atoms with Gasteiger partial charge in [-0.2, -0.15) is 0 Å². The zero-order valence-electron chi connectivity index (χ0n) is 8.91. The van der Waals surface area contributed by atoms with Crippen molar-refractivity contribution in [2.45, 2.75) is 12.7 Å². The summed E-state index contributed by atoms with van der Waals surface area (Å²) in [6, 6.07) is 0. The van der Waals surface area contributed by atoms with Crippen molar-refractivity contribution in [2.75, 3.05) is 31.2 Å². The molecule has 1 aromatic rings. The van der Waals surface area contributed by atoms with Gasteiger partial charge in [0.25, 0.3) is 0 Å². The average Bonchev–Trinajstić information content (AvgIpc) is 2.39. The molecule has 1 fully saturated rings. The zero-order valence-corrected chi connectivity index (χ0v) is 8.91. The smallest absolute Gasteiger partial charge is 0.225 e. The van der Waals surface area contributed by atoms with Crippen LogP contribution in [0.15, 0.2) is 12.4 Å². The molecule has 6 nitrogen and oxygen atoms in total. The summed E-state index contributed by atoms with van der Waals surface area (Å²) in [5, 5.41) is 17.9. The Morgan fingerprint density at radius 2 is 2.12 bits per heavy atom. The lowest BCUT2D eigenvalue weighted by molar-refractivity contribution is 0.00313. The van der Waals surface area contributed by atoms with Crippen LogP contribution in [-0.2, 0) is 11.3 Å². The number of rotatable bonds is 3. The number of morpholine rings is 1. The topological polar surface area (TPSA) is 78.7 Å². The summed E-state index contributed by atoms with van der Waals surface area (Å²) in [7, 11) is 0. The number of aliphatic hydroxyl groups is 2. The first kappa shape index (κ1) is 11.3. The quantitative estimate of drug-likeness (QED) is 0.699. The average molecular weight is 225 g/mol. The molecule has 2 N–H and O–H groups in total. The third kappa shape index (κ3) is 2.46. The van der Waals surface area contributed by atoms with E-state index in [9.17, 15) is 0 Å². The second-order valence-corrected chi connectivity index (χ2v) is 3.67. The first-order chi connectivity index (χ1) is 7.83. The molecule has 2 heterocycles. The van der Waals surface area contributed by atoms with Gasteiger partial charge in [0.2, 0.25) is 5.95 Å². The van der Waals surface area contributed by atoms with E-state index in [1.165, 1.54) is 0 Å². The Labute approximate surface area is 93.5 Å². The lowest BCUT2D eigenvalue weighted by Crippen LogP contribution is -2.44. The molecule has 0 spiro atoms. The van der Waals surface area contributed by atoms with Crippen molar-refractivity contribution in [1.29, 1.82) is 0 Å². The molecule has 1 aliphatic heterocycles. The number of nitrogens with zero attached hydrogens (tertiary/aromatic N) is 3. The summed E-state index contributed by atoms with van der Waals surface area (Å²) in [5.74, 6) is 0.610. The van der Waals surface area contributed by atoms with Gasteiger partial charge in [0.15, 0.2) is 0 Å². The summed E-state index contributed by atoms with van der Waals surface area (Å²) < 4.78 is 5.34. The van der Waals surface area contributed by atoms with Crippen LogP contribution >= 0.6 is 0 Å². The molecule has 1 unspecified atom stereocenters. The lowest BCUT2D eigenvalue weighted by Gasteiger charge is -2.31. The molecule has 1 saturated heterocycles. The van der Waals surface area contributed by atoms with E-state index in [0.29, 0.717) is 24.7 Å². The van der Waals surface area contributed by atoms with E-state index < -0.39 is 0 Å². The number of hydrogen-bond acceptors (Lipinski definition) is 6. The zero-order chi connectivity index (χ0) is 11.4. The van der Waals surface area contributed by atoms with E-state index in [0.717, 1.165) is 6.54 Å². The van der Waals surface area contributed by atoms with Gasteiger partial charge < -0.3 is 19.8 Å². The summed E-state index contributed by atoms with van der Waals surface area (Å²) >= 11 is 0. The van der Waals surface area contributed by atoms with E-state index in [2.05, 4.69) is 9.97 Å². The fourth-order valence-corrected chi connectivity index (χ4v) is 1.60. The molecule has 0 amide bonds. The minimum atomic E-state index is -0.171. The number of aromatic nitrogens is 2. The molecule has 0 aliphatic carbocycles. The highest BCUT2D eigenvalue weighted by Crippen LogP contribution is 2.12. The minimum Gasteiger partial charge on any atom is -0.394 e. The molecule has 2 rings (SSSR count). The van der Waals surface area contributed by atoms with Crippen LogP contribution in [0.2, 0.25) is 0 Å². The first-order valence-corrected chi connectivity index (χ1v) is 5.22. The van der Waals surface area contributed by atoms with Gasteiger partial charge in [-0.05, 0) is 0 Å². The van der Waals surface area contributed by atoms with Crippen molar-refractivity contribution < 1.29 is 14.9 Å². The van der Waals surface area contributed by atoms with Crippen molar-refractivity contribution >= 4 is 5.95 Å². The van der Waals surface area contributed by atoms with Gasteiger partial charge >= 0.3 is 0 Å². The Hall–Kier alpha value is -1.24. The molecule has 0 bridgehead atoms. The van der Waals surface area contributed by atoms with Crippen molar-refractivity contribution in [2.24, 2.45) is 0 Å². The SMILES string of the molecule is OCc1cnc(N2CCOC(CO)C2)nc1. The van der Waals surface area contributed by atoms with Gasteiger partial charge in [0.05, 0.1) is 25.9 Å². The van der Waals surface area contributed by atoms with Crippen LogP contribution in [0.5, 0.6) is 0 Å². The highest BCUT2D eigenvalue weighted by molar-refractivity contribution is 5.30. The van der Waals surface area contributed by atoms with Crippen molar-refractivity contribution in [3.63, 3.8) is 0 Å². The van der Waals surface area contributed by atoms with Crippen molar-refractivity contribution in [3.05, 3.63) is 18.0 Å². The third-order valence-corrected chi connectivity index (χ3v) is 2.50. The second kappa shape index (κ2) is 5.20. The van der Waals surface area contributed by atoms with Gasteiger partial charge in [-0.1, -0.05) is 0 Å². The fraction of sp³-hybridized carbons (Fsp3) is 0.600. The van der Waals surface area contributed by atoms with E-state index in [1.807, 2.05) is 4.90 Å². The highest BCUT2D eigenvalue weighted by Gasteiger charge is 2.21. The van der Waals surface area contributed by atoms with Crippen LogP contribution in [0.3, 0.4) is 0 Å². The maximum atomic E-state index is 9.01. The van der Waals surface area contributed by atoms with E-state index in [-0.39, 0.29) is 19.3 Å². The van der Waals surface area contributed by atoms with E-state index >= 15 is 0 Å². The van der Waals surface area contributed by atoms with Gasteiger partial charge in [-0.15, -0.1) is 0 Å². The minimum absolute atomic E-state index is 0.00518. The number of aliphatic hydroxyl groups excluding tert-OH is 2. The molecular weight excluding hydrogens is 210 g/mol. The van der Waals surface area contributed by atoms with Crippen molar-refractivity contribution in [1.82, 2.24) is 9.97 Å². The van der Waals surface area contributed by atoms with Crippen LogP contribution in [0.4, 0.5) is 5.95 Å². The van der Waals surface area contributed by atoms with Crippen molar-refractivity contribution in [3.8, 4) is 0 Å². The van der Waals surface area contributed by atoms with Gasteiger partial charge in [-0.3, -0.25) is 0 Å². The van der Waals surface area contributed by atoms with Crippen LogP contribution in [0.25, 0.3) is 0 Å². The molecule has 0 radical (unpaired) electrons. The third-order valence-electron chi connectivity index (χ3n) is 2.50. The Balaban J connectivity index is 2.05. The second-order valence-electron chi connectivity index (χ2n) is 3.67. The Kier molecular flexibility index (Phi) is 3.66. The molecule has 88 valence electrons. The predicted molar refractivity (Wildman–Crippen MR) is 57.0 cm³/mol.